The number of anilines is 1. The summed E-state index contributed by atoms with van der Waals surface area (Å²) in [5.74, 6) is -0.276. The van der Waals surface area contributed by atoms with Crippen LogP contribution in [0.15, 0.2) is 71.6 Å². The number of Topliss-reactive ketones (excluding diaryl/α,β-unsaturated/α-hetero) is 1. The summed E-state index contributed by atoms with van der Waals surface area (Å²) < 4.78 is 12.5. The molecule has 6 rings (SSSR count). The number of thioether (sulfide) groups is 1. The van der Waals surface area contributed by atoms with Gasteiger partial charge in [0.1, 0.15) is 6.54 Å². The van der Waals surface area contributed by atoms with Gasteiger partial charge in [-0.25, -0.2) is 0 Å². The fraction of sp³-hybridized carbons (Fsp3) is 0.133. The number of ether oxygens (including phenoxy) is 2. The average molecular weight is 599 g/mol. The molecular formula is C30H22N4O8S. The second-order valence-electron chi connectivity index (χ2n) is 9.71. The van der Waals surface area contributed by atoms with Crippen LogP contribution < -0.4 is 14.8 Å². The normalized spacial score (nSPS) is 15.0. The lowest BCUT2D eigenvalue weighted by molar-refractivity contribution is -0.384. The van der Waals surface area contributed by atoms with Gasteiger partial charge in [-0.05, 0) is 55.1 Å². The fourth-order valence-corrected chi connectivity index (χ4v) is 5.75. The van der Waals surface area contributed by atoms with Gasteiger partial charge < -0.3 is 19.4 Å². The van der Waals surface area contributed by atoms with E-state index in [0.29, 0.717) is 28.4 Å². The van der Waals surface area contributed by atoms with Gasteiger partial charge in [0, 0.05) is 51.6 Å². The molecule has 0 aliphatic carbocycles. The van der Waals surface area contributed by atoms with E-state index in [4.69, 9.17) is 9.47 Å². The lowest BCUT2D eigenvalue weighted by atomic mass is 10.1. The summed E-state index contributed by atoms with van der Waals surface area (Å²) in [4.78, 5) is 63.1. The number of imide groups is 1. The van der Waals surface area contributed by atoms with E-state index in [2.05, 4.69) is 5.32 Å². The first-order valence-electron chi connectivity index (χ1n) is 13.0. The van der Waals surface area contributed by atoms with E-state index in [1.807, 2.05) is 35.8 Å². The first-order valence-corrected chi connectivity index (χ1v) is 13.8. The number of nitrogens with zero attached hydrogens (tertiary/aromatic N) is 3. The number of nitro benzene ring substituents is 1. The Morgan fingerprint density at radius 1 is 1.02 bits per heavy atom. The maximum Gasteiger partial charge on any atom is 0.293 e. The number of ketones is 1. The van der Waals surface area contributed by atoms with Crippen molar-refractivity contribution in [2.24, 2.45) is 0 Å². The van der Waals surface area contributed by atoms with Crippen LogP contribution in [-0.2, 0) is 16.1 Å². The summed E-state index contributed by atoms with van der Waals surface area (Å²) in [6.45, 7) is 1.43. The first-order chi connectivity index (χ1) is 20.7. The predicted octanol–water partition coefficient (Wildman–Crippen LogP) is 5.14. The van der Waals surface area contributed by atoms with E-state index >= 15 is 0 Å². The first kappa shape index (κ1) is 27.7. The van der Waals surface area contributed by atoms with Crippen molar-refractivity contribution in [3.63, 3.8) is 0 Å². The van der Waals surface area contributed by atoms with Crippen LogP contribution in [0.1, 0.15) is 21.6 Å². The Kier molecular flexibility index (Phi) is 7.16. The number of nitro groups is 1. The van der Waals surface area contributed by atoms with E-state index in [-0.39, 0.29) is 35.4 Å². The topological polar surface area (TPSA) is 150 Å². The number of benzene rings is 3. The number of fused-ring (bicyclic) bond motifs is 2. The quantitative estimate of drug-likeness (QED) is 0.126. The summed E-state index contributed by atoms with van der Waals surface area (Å²) >= 11 is 0.718. The molecule has 0 saturated carbocycles. The molecule has 1 aromatic heterocycles. The molecular weight excluding hydrogens is 576 g/mol. The van der Waals surface area contributed by atoms with Gasteiger partial charge in [-0.15, -0.1) is 0 Å². The van der Waals surface area contributed by atoms with Crippen LogP contribution in [0, 0.1) is 17.0 Å². The molecule has 1 fully saturated rings. The predicted molar refractivity (Wildman–Crippen MR) is 158 cm³/mol. The zero-order valence-corrected chi connectivity index (χ0v) is 23.4. The number of aromatic nitrogens is 1. The monoisotopic (exact) mass is 598 g/mol. The number of nitrogens with one attached hydrogen (secondary N) is 1. The van der Waals surface area contributed by atoms with Gasteiger partial charge in [-0.3, -0.25) is 34.2 Å². The Balaban J connectivity index is 1.22. The number of carbonyl (C=O) groups is 4. The minimum absolute atomic E-state index is 0.0140. The largest absolute Gasteiger partial charge is 0.454 e. The van der Waals surface area contributed by atoms with Crippen molar-refractivity contribution >= 4 is 63.0 Å². The third-order valence-electron chi connectivity index (χ3n) is 7.09. The molecule has 1 N–H and O–H groups in total. The number of hydrogen-bond donors (Lipinski definition) is 1. The van der Waals surface area contributed by atoms with Gasteiger partial charge in [-0.2, -0.15) is 0 Å². The zero-order chi connectivity index (χ0) is 30.2. The van der Waals surface area contributed by atoms with Gasteiger partial charge in [0.2, 0.25) is 12.7 Å². The van der Waals surface area contributed by atoms with Crippen LogP contribution in [0.3, 0.4) is 0 Å². The minimum Gasteiger partial charge on any atom is -0.454 e. The SMILES string of the molecule is Cc1c(/C=C2\SC(=O)N(CC(=O)c3ccc([N+](=O)[O-])cc3)C2=O)c2ccccc2n1CC(=O)Nc1ccc2c(c1)OCO2. The molecule has 216 valence electrons. The molecule has 3 aromatic carbocycles. The second kappa shape index (κ2) is 11.1. The minimum atomic E-state index is -0.623. The molecule has 13 heteroatoms. The molecule has 0 bridgehead atoms. The molecule has 0 radical (unpaired) electrons. The van der Waals surface area contributed by atoms with Crippen molar-refractivity contribution < 1.29 is 33.6 Å². The third-order valence-corrected chi connectivity index (χ3v) is 8.00. The summed E-state index contributed by atoms with van der Waals surface area (Å²) in [5, 5.41) is 13.9. The van der Waals surface area contributed by atoms with Crippen LogP contribution in [0.2, 0.25) is 0 Å². The molecule has 0 unspecified atom stereocenters. The number of amides is 3. The van der Waals surface area contributed by atoms with Gasteiger partial charge in [0.15, 0.2) is 17.3 Å². The van der Waals surface area contributed by atoms with Crippen molar-refractivity contribution in [3.8, 4) is 11.5 Å². The maximum atomic E-state index is 13.2. The number of hydrogen-bond acceptors (Lipinski definition) is 9. The van der Waals surface area contributed by atoms with Crippen molar-refractivity contribution in [3.05, 3.63) is 98.6 Å². The number of carbonyl (C=O) groups excluding carboxylic acids is 4. The van der Waals surface area contributed by atoms with Crippen molar-refractivity contribution in [2.45, 2.75) is 13.5 Å². The molecule has 2 aliphatic heterocycles. The van der Waals surface area contributed by atoms with Gasteiger partial charge in [0.05, 0.1) is 16.4 Å². The molecule has 4 aromatic rings. The summed E-state index contributed by atoms with van der Waals surface area (Å²) in [5.41, 5.74) is 2.66. The molecule has 0 atom stereocenters. The lowest BCUT2D eigenvalue weighted by Gasteiger charge is -2.11. The zero-order valence-electron chi connectivity index (χ0n) is 22.6. The molecule has 43 heavy (non-hydrogen) atoms. The Labute approximate surface area is 248 Å². The van der Waals surface area contributed by atoms with Gasteiger partial charge in [-0.1, -0.05) is 18.2 Å². The van der Waals surface area contributed by atoms with E-state index in [9.17, 15) is 29.3 Å². The third kappa shape index (κ3) is 5.33. The van der Waals surface area contributed by atoms with Crippen LogP contribution in [0.25, 0.3) is 17.0 Å². The lowest BCUT2D eigenvalue weighted by Crippen LogP contribution is -2.33. The van der Waals surface area contributed by atoms with Gasteiger partial charge in [0.25, 0.3) is 16.8 Å². The summed E-state index contributed by atoms with van der Waals surface area (Å²) in [7, 11) is 0. The van der Waals surface area contributed by atoms with Crippen LogP contribution in [0.4, 0.5) is 16.2 Å². The van der Waals surface area contributed by atoms with Crippen LogP contribution >= 0.6 is 11.8 Å². The summed E-state index contributed by atoms with van der Waals surface area (Å²) in [6.07, 6.45) is 1.60. The number of para-hydroxylation sites is 1. The molecule has 3 heterocycles. The molecule has 2 aliphatic rings. The number of non-ortho nitro benzene ring substituents is 1. The Hall–Kier alpha value is -5.43. The standard InChI is InChI=1S/C30H22N4O8S/c1-17-22(13-27-29(37)33(30(38)43-27)14-24(35)18-6-9-20(10-7-18)34(39)40)21-4-2-3-5-23(21)32(17)15-28(36)31-19-8-11-25-26(12-19)42-16-41-25/h2-13H,14-16H2,1H3,(H,31,36)/b27-13-. The van der Waals surface area contributed by atoms with Gasteiger partial charge >= 0.3 is 0 Å². The second-order valence-corrected chi connectivity index (χ2v) is 10.7. The molecule has 0 spiro atoms. The molecule has 3 amide bonds. The van der Waals surface area contributed by atoms with E-state index in [1.54, 1.807) is 24.3 Å². The average Bonchev–Trinajstić information content (AvgIpc) is 3.65. The van der Waals surface area contributed by atoms with Crippen molar-refractivity contribution in [2.75, 3.05) is 18.7 Å². The van der Waals surface area contributed by atoms with Crippen LogP contribution in [-0.4, -0.2) is 50.6 Å². The smallest absolute Gasteiger partial charge is 0.293 e. The van der Waals surface area contributed by atoms with Crippen LogP contribution in [0.5, 0.6) is 11.5 Å². The highest BCUT2D eigenvalue weighted by Gasteiger charge is 2.37. The molecule has 1 saturated heterocycles. The van der Waals surface area contributed by atoms with E-state index in [0.717, 1.165) is 27.6 Å². The maximum absolute atomic E-state index is 13.2. The highest BCUT2D eigenvalue weighted by atomic mass is 32.2. The van der Waals surface area contributed by atoms with Crippen molar-refractivity contribution in [1.29, 1.82) is 0 Å². The Bertz CT molecular complexity index is 1880. The fourth-order valence-electron chi connectivity index (χ4n) is 4.93. The highest BCUT2D eigenvalue weighted by molar-refractivity contribution is 8.18. The molecule has 12 nitrogen and oxygen atoms in total. The Morgan fingerprint density at radius 3 is 2.53 bits per heavy atom. The highest BCUT2D eigenvalue weighted by Crippen LogP contribution is 2.36. The van der Waals surface area contributed by atoms with E-state index < -0.39 is 28.4 Å². The number of rotatable bonds is 8. The summed E-state index contributed by atoms with van der Waals surface area (Å²) in [6, 6.07) is 17.5. The van der Waals surface area contributed by atoms with Crippen molar-refractivity contribution in [1.82, 2.24) is 9.47 Å². The Morgan fingerprint density at radius 2 is 1.77 bits per heavy atom. The van der Waals surface area contributed by atoms with E-state index in [1.165, 1.54) is 24.3 Å².